The van der Waals surface area contributed by atoms with E-state index in [4.69, 9.17) is 4.74 Å². The maximum atomic E-state index is 11.7. The van der Waals surface area contributed by atoms with Gasteiger partial charge < -0.3 is 15.2 Å². The lowest BCUT2D eigenvalue weighted by Gasteiger charge is -2.25. The second kappa shape index (κ2) is 7.75. The van der Waals surface area contributed by atoms with E-state index in [2.05, 4.69) is 5.32 Å². The summed E-state index contributed by atoms with van der Waals surface area (Å²) in [6.45, 7) is 5.08. The van der Waals surface area contributed by atoms with Gasteiger partial charge in [-0.05, 0) is 38.1 Å². The van der Waals surface area contributed by atoms with Crippen LogP contribution < -0.4 is 10.1 Å². The highest BCUT2D eigenvalue weighted by Crippen LogP contribution is 2.30. The molecular formula is C15H24N2O3. The molecule has 2 N–H and O–H groups in total. The van der Waals surface area contributed by atoms with Crippen molar-refractivity contribution in [3.8, 4) is 11.5 Å². The molecule has 1 unspecified atom stereocenters. The first-order valence-electron chi connectivity index (χ1n) is 6.83. The van der Waals surface area contributed by atoms with Crippen molar-refractivity contribution >= 4 is 5.91 Å². The van der Waals surface area contributed by atoms with Gasteiger partial charge in [0.15, 0.2) is 11.5 Å². The first-order valence-corrected chi connectivity index (χ1v) is 6.83. The molecule has 0 aliphatic rings. The molecular weight excluding hydrogens is 256 g/mol. The zero-order chi connectivity index (χ0) is 15.1. The van der Waals surface area contributed by atoms with Crippen LogP contribution in [0.4, 0.5) is 0 Å². The average molecular weight is 280 g/mol. The van der Waals surface area contributed by atoms with Gasteiger partial charge in [0.25, 0.3) is 0 Å². The summed E-state index contributed by atoms with van der Waals surface area (Å²) < 4.78 is 5.10. The number of amides is 1. The zero-order valence-corrected chi connectivity index (χ0v) is 12.6. The third-order valence-corrected chi connectivity index (χ3v) is 3.31. The number of phenols is 1. The Morgan fingerprint density at radius 1 is 1.50 bits per heavy atom. The molecule has 0 aliphatic heterocycles. The van der Waals surface area contributed by atoms with Crippen molar-refractivity contribution in [2.45, 2.75) is 26.3 Å². The number of carbonyl (C=O) groups is 1. The minimum atomic E-state index is 0.0203. The van der Waals surface area contributed by atoms with Gasteiger partial charge in [0.1, 0.15) is 0 Å². The number of hydrogen-bond donors (Lipinski definition) is 2. The van der Waals surface area contributed by atoms with Gasteiger partial charge in [-0.25, -0.2) is 0 Å². The average Bonchev–Trinajstić information content (AvgIpc) is 2.44. The van der Waals surface area contributed by atoms with Gasteiger partial charge in [0, 0.05) is 12.6 Å². The largest absolute Gasteiger partial charge is 0.504 e. The van der Waals surface area contributed by atoms with Crippen LogP contribution >= 0.6 is 0 Å². The Hall–Kier alpha value is -1.75. The van der Waals surface area contributed by atoms with Gasteiger partial charge >= 0.3 is 0 Å². The van der Waals surface area contributed by atoms with E-state index >= 15 is 0 Å². The number of nitrogens with one attached hydrogen (secondary N) is 1. The lowest BCUT2D eigenvalue weighted by molar-refractivity contribution is -0.122. The summed E-state index contributed by atoms with van der Waals surface area (Å²) in [7, 11) is 3.42. The Balaban J connectivity index is 2.68. The van der Waals surface area contributed by atoms with Gasteiger partial charge in [-0.3, -0.25) is 9.69 Å². The van der Waals surface area contributed by atoms with Crippen molar-refractivity contribution < 1.29 is 14.6 Å². The normalized spacial score (nSPS) is 12.2. The van der Waals surface area contributed by atoms with Crippen LogP contribution in [0, 0.1) is 0 Å². The van der Waals surface area contributed by atoms with Crippen molar-refractivity contribution in [2.24, 2.45) is 0 Å². The van der Waals surface area contributed by atoms with Gasteiger partial charge in [-0.1, -0.05) is 13.0 Å². The maximum absolute atomic E-state index is 11.7. The monoisotopic (exact) mass is 280 g/mol. The van der Waals surface area contributed by atoms with E-state index in [1.165, 1.54) is 7.11 Å². The molecule has 1 atom stereocenters. The first-order chi connectivity index (χ1) is 9.49. The minimum Gasteiger partial charge on any atom is -0.504 e. The van der Waals surface area contributed by atoms with Gasteiger partial charge in [0.05, 0.1) is 13.7 Å². The molecule has 0 saturated heterocycles. The second-order valence-corrected chi connectivity index (χ2v) is 4.87. The zero-order valence-electron chi connectivity index (χ0n) is 12.6. The van der Waals surface area contributed by atoms with E-state index in [1.807, 2.05) is 31.9 Å². The molecule has 1 aromatic carbocycles. The van der Waals surface area contributed by atoms with Crippen LogP contribution in [0.3, 0.4) is 0 Å². The van der Waals surface area contributed by atoms with E-state index in [9.17, 15) is 9.90 Å². The van der Waals surface area contributed by atoms with Gasteiger partial charge in [0.2, 0.25) is 5.91 Å². The summed E-state index contributed by atoms with van der Waals surface area (Å²) in [6.07, 6.45) is 0.931. The molecule has 0 radical (unpaired) electrons. The summed E-state index contributed by atoms with van der Waals surface area (Å²) in [5.74, 6) is 0.580. The molecule has 0 saturated carbocycles. The highest BCUT2D eigenvalue weighted by atomic mass is 16.5. The van der Waals surface area contributed by atoms with Crippen molar-refractivity contribution in [1.29, 1.82) is 0 Å². The molecule has 0 spiro atoms. The predicted octanol–water partition coefficient (Wildman–Crippen LogP) is 1.92. The predicted molar refractivity (Wildman–Crippen MR) is 79.0 cm³/mol. The smallest absolute Gasteiger partial charge is 0.234 e. The molecule has 0 aliphatic carbocycles. The standard InChI is InChI=1S/C15H24N2O3/c1-5-8-16-15(19)10-17(3)11(2)12-6-7-13(18)14(9-12)20-4/h6-7,9,11,18H,5,8,10H2,1-4H3,(H,16,19). The summed E-state index contributed by atoms with van der Waals surface area (Å²) in [5.41, 5.74) is 0.991. The topological polar surface area (TPSA) is 61.8 Å². The van der Waals surface area contributed by atoms with E-state index < -0.39 is 0 Å². The molecule has 0 fully saturated rings. The van der Waals surface area contributed by atoms with Crippen molar-refractivity contribution in [1.82, 2.24) is 10.2 Å². The number of nitrogens with zero attached hydrogens (tertiary/aromatic N) is 1. The minimum absolute atomic E-state index is 0.0203. The Kier molecular flexibility index (Phi) is 6.31. The number of likely N-dealkylation sites (N-methyl/N-ethyl adjacent to an activating group) is 1. The molecule has 1 aromatic rings. The molecule has 0 aromatic heterocycles. The molecule has 20 heavy (non-hydrogen) atoms. The van der Waals surface area contributed by atoms with Gasteiger partial charge in [-0.15, -0.1) is 0 Å². The van der Waals surface area contributed by atoms with E-state index in [0.29, 0.717) is 18.8 Å². The molecule has 0 bridgehead atoms. The molecule has 0 heterocycles. The summed E-state index contributed by atoms with van der Waals surface area (Å²) in [5, 5.41) is 12.5. The lowest BCUT2D eigenvalue weighted by atomic mass is 10.1. The van der Waals surface area contributed by atoms with Crippen LogP contribution in [0.25, 0.3) is 0 Å². The number of aromatic hydroxyl groups is 1. The van der Waals surface area contributed by atoms with E-state index in [-0.39, 0.29) is 17.7 Å². The highest BCUT2D eigenvalue weighted by Gasteiger charge is 2.16. The quantitative estimate of drug-likeness (QED) is 0.801. The summed E-state index contributed by atoms with van der Waals surface area (Å²) in [4.78, 5) is 13.7. The van der Waals surface area contributed by atoms with Crippen LogP contribution in [0.2, 0.25) is 0 Å². The summed E-state index contributed by atoms with van der Waals surface area (Å²) >= 11 is 0. The number of rotatable bonds is 7. The number of phenolic OH excluding ortho intramolecular Hbond substituents is 1. The van der Waals surface area contributed by atoms with Crippen LogP contribution in [0.1, 0.15) is 31.9 Å². The van der Waals surface area contributed by atoms with Crippen molar-refractivity contribution in [2.75, 3.05) is 27.2 Å². The van der Waals surface area contributed by atoms with Crippen LogP contribution in [0.5, 0.6) is 11.5 Å². The van der Waals surface area contributed by atoms with Crippen molar-refractivity contribution in [3.05, 3.63) is 23.8 Å². The third kappa shape index (κ3) is 4.42. The maximum Gasteiger partial charge on any atom is 0.234 e. The number of methoxy groups -OCH3 is 1. The third-order valence-electron chi connectivity index (χ3n) is 3.31. The lowest BCUT2D eigenvalue weighted by Crippen LogP contribution is -2.36. The van der Waals surface area contributed by atoms with Crippen LogP contribution in [-0.4, -0.2) is 43.2 Å². The van der Waals surface area contributed by atoms with Gasteiger partial charge in [-0.2, -0.15) is 0 Å². The molecule has 5 nitrogen and oxygen atoms in total. The van der Waals surface area contributed by atoms with Crippen LogP contribution in [-0.2, 0) is 4.79 Å². The van der Waals surface area contributed by atoms with Crippen LogP contribution in [0.15, 0.2) is 18.2 Å². The number of carbonyl (C=O) groups excluding carboxylic acids is 1. The number of ether oxygens (including phenoxy) is 1. The Morgan fingerprint density at radius 2 is 2.20 bits per heavy atom. The molecule has 112 valence electrons. The summed E-state index contributed by atoms with van der Waals surface area (Å²) in [6, 6.07) is 5.29. The fourth-order valence-corrected chi connectivity index (χ4v) is 1.89. The first kappa shape index (κ1) is 16.3. The fraction of sp³-hybridized carbons (Fsp3) is 0.533. The fourth-order valence-electron chi connectivity index (χ4n) is 1.89. The van der Waals surface area contributed by atoms with E-state index in [1.54, 1.807) is 12.1 Å². The SMILES string of the molecule is CCCNC(=O)CN(C)C(C)c1ccc(O)c(OC)c1. The Bertz CT molecular complexity index is 449. The molecule has 5 heteroatoms. The highest BCUT2D eigenvalue weighted by molar-refractivity contribution is 5.78. The number of hydrogen-bond acceptors (Lipinski definition) is 4. The van der Waals surface area contributed by atoms with Crippen molar-refractivity contribution in [3.63, 3.8) is 0 Å². The molecule has 1 rings (SSSR count). The molecule has 1 amide bonds. The Morgan fingerprint density at radius 3 is 2.80 bits per heavy atom. The number of benzene rings is 1. The Labute approximate surface area is 120 Å². The van der Waals surface area contributed by atoms with E-state index in [0.717, 1.165) is 12.0 Å². The second-order valence-electron chi connectivity index (χ2n) is 4.87.